The zero-order valence-corrected chi connectivity index (χ0v) is 15.1. The van der Waals surface area contributed by atoms with Crippen molar-refractivity contribution in [2.75, 3.05) is 6.61 Å². The second-order valence-electron chi connectivity index (χ2n) is 5.94. The number of halogens is 1. The minimum absolute atomic E-state index is 0.0712. The average molecular weight is 390 g/mol. The summed E-state index contributed by atoms with van der Waals surface area (Å²) in [5, 5.41) is 3.01. The Kier molecular flexibility index (Phi) is 5.41. The highest BCUT2D eigenvalue weighted by atomic mass is 79.9. The van der Waals surface area contributed by atoms with Crippen LogP contribution in [0.15, 0.2) is 53.0 Å². The molecule has 3 rings (SSSR count). The number of para-hydroxylation sites is 2. The predicted octanol–water partition coefficient (Wildman–Crippen LogP) is 3.73. The molecule has 0 saturated carbocycles. The van der Waals surface area contributed by atoms with E-state index in [0.717, 1.165) is 17.3 Å². The number of rotatable bonds is 5. The summed E-state index contributed by atoms with van der Waals surface area (Å²) >= 11 is 3.43. The van der Waals surface area contributed by atoms with Gasteiger partial charge in [-0.2, -0.15) is 0 Å². The molecule has 24 heavy (non-hydrogen) atoms. The molecule has 1 N–H and O–H groups in total. The topological polar surface area (TPSA) is 47.6 Å². The largest absolute Gasteiger partial charge is 0.485 e. The highest BCUT2D eigenvalue weighted by Gasteiger charge is 2.27. The highest BCUT2D eigenvalue weighted by Crippen LogP contribution is 2.30. The molecule has 0 aliphatic carbocycles. The molecule has 0 fully saturated rings. The second-order valence-corrected chi connectivity index (χ2v) is 6.85. The molecule has 0 aromatic heterocycles. The van der Waals surface area contributed by atoms with Crippen molar-refractivity contribution in [1.29, 1.82) is 0 Å². The quantitative estimate of drug-likeness (QED) is 0.847. The fourth-order valence-electron chi connectivity index (χ4n) is 2.59. The fraction of sp³-hybridized carbons (Fsp3) is 0.316. The summed E-state index contributed by atoms with van der Waals surface area (Å²) in [5.41, 5.74) is 1.26. The fourth-order valence-corrected chi connectivity index (χ4v) is 2.86. The molecule has 0 unspecified atom stereocenters. The van der Waals surface area contributed by atoms with Gasteiger partial charge in [-0.3, -0.25) is 4.79 Å². The predicted molar refractivity (Wildman–Crippen MR) is 96.4 cm³/mol. The van der Waals surface area contributed by atoms with Gasteiger partial charge in [0.15, 0.2) is 11.5 Å². The molecule has 2 aromatic carbocycles. The van der Waals surface area contributed by atoms with Gasteiger partial charge in [0.05, 0.1) is 0 Å². The number of hydrogen-bond donors (Lipinski definition) is 1. The first kappa shape index (κ1) is 16.8. The number of fused-ring (bicyclic) bond motifs is 1. The zero-order chi connectivity index (χ0) is 16.9. The smallest absolute Gasteiger partial charge is 0.264 e. The number of amides is 1. The van der Waals surface area contributed by atoms with E-state index in [1.54, 1.807) is 0 Å². The van der Waals surface area contributed by atoms with Gasteiger partial charge in [0, 0.05) is 10.5 Å². The second kappa shape index (κ2) is 7.71. The molecule has 2 atom stereocenters. The van der Waals surface area contributed by atoms with Crippen molar-refractivity contribution in [2.45, 2.75) is 31.9 Å². The average Bonchev–Trinajstić information content (AvgIpc) is 2.61. The molecule has 4 nitrogen and oxygen atoms in total. The standard InChI is InChI=1S/C19H20BrNO3/c1-13(6-7-14-8-10-15(20)11-9-14)21-19(22)18-12-23-16-4-2-3-5-17(16)24-18/h2-5,8-11,13,18H,6-7,12H2,1H3,(H,21,22)/t13-,18-/m0/s1. The molecule has 1 aliphatic rings. The van der Waals surface area contributed by atoms with Crippen molar-refractivity contribution in [3.8, 4) is 11.5 Å². The third-order valence-corrected chi connectivity index (χ3v) is 4.50. The first-order valence-corrected chi connectivity index (χ1v) is 8.84. The minimum Gasteiger partial charge on any atom is -0.485 e. The van der Waals surface area contributed by atoms with Crippen molar-refractivity contribution in [3.05, 3.63) is 58.6 Å². The molecule has 0 bridgehead atoms. The summed E-state index contributed by atoms with van der Waals surface area (Å²) in [4.78, 5) is 12.4. The Morgan fingerprint density at radius 1 is 1.21 bits per heavy atom. The van der Waals surface area contributed by atoms with Crippen LogP contribution >= 0.6 is 15.9 Å². The van der Waals surface area contributed by atoms with E-state index in [4.69, 9.17) is 9.47 Å². The Labute approximate surface area is 150 Å². The molecule has 2 aromatic rings. The Morgan fingerprint density at radius 3 is 2.67 bits per heavy atom. The summed E-state index contributed by atoms with van der Waals surface area (Å²) in [6.07, 6.45) is 1.19. The van der Waals surface area contributed by atoms with Crippen molar-refractivity contribution in [3.63, 3.8) is 0 Å². The number of nitrogens with one attached hydrogen (secondary N) is 1. The molecule has 126 valence electrons. The molecule has 1 heterocycles. The molecule has 0 radical (unpaired) electrons. The normalized spacial score (nSPS) is 17.2. The SMILES string of the molecule is C[C@@H](CCc1ccc(Br)cc1)NC(=O)[C@@H]1COc2ccccc2O1. The van der Waals surface area contributed by atoms with Crippen LogP contribution in [0.5, 0.6) is 11.5 Å². The molecular weight excluding hydrogens is 370 g/mol. The minimum atomic E-state index is -0.602. The van der Waals surface area contributed by atoms with Crippen molar-refractivity contribution < 1.29 is 14.3 Å². The maximum absolute atomic E-state index is 12.4. The number of hydrogen-bond acceptors (Lipinski definition) is 3. The van der Waals surface area contributed by atoms with Gasteiger partial charge in [-0.1, -0.05) is 40.2 Å². The third-order valence-electron chi connectivity index (χ3n) is 3.97. The maximum atomic E-state index is 12.4. The molecule has 5 heteroatoms. The number of carbonyl (C=O) groups is 1. The summed E-state index contributed by atoms with van der Waals surface area (Å²) in [5.74, 6) is 1.17. The van der Waals surface area contributed by atoms with Crippen LogP contribution in [0, 0.1) is 0 Å². The van der Waals surface area contributed by atoms with Crippen molar-refractivity contribution in [1.82, 2.24) is 5.32 Å². The molecule has 0 spiro atoms. The van der Waals surface area contributed by atoms with E-state index in [0.29, 0.717) is 11.5 Å². The van der Waals surface area contributed by atoms with Crippen LogP contribution in [0.3, 0.4) is 0 Å². The van der Waals surface area contributed by atoms with E-state index >= 15 is 0 Å². The van der Waals surface area contributed by atoms with Crippen LogP contribution in [0.4, 0.5) is 0 Å². The van der Waals surface area contributed by atoms with E-state index in [1.165, 1.54) is 5.56 Å². The first-order valence-electron chi connectivity index (χ1n) is 8.05. The van der Waals surface area contributed by atoms with Crippen LogP contribution in [0.1, 0.15) is 18.9 Å². The summed E-state index contributed by atoms with van der Waals surface area (Å²) in [7, 11) is 0. The summed E-state index contributed by atoms with van der Waals surface area (Å²) in [6, 6.07) is 15.7. The third kappa shape index (κ3) is 4.29. The van der Waals surface area contributed by atoms with Gasteiger partial charge < -0.3 is 14.8 Å². The lowest BCUT2D eigenvalue weighted by atomic mass is 10.1. The van der Waals surface area contributed by atoms with Crippen LogP contribution in [-0.4, -0.2) is 24.7 Å². The number of benzene rings is 2. The Bertz CT molecular complexity index is 702. The summed E-state index contributed by atoms with van der Waals surface area (Å²) in [6.45, 7) is 2.25. The highest BCUT2D eigenvalue weighted by molar-refractivity contribution is 9.10. The lowest BCUT2D eigenvalue weighted by Gasteiger charge is -2.26. The van der Waals surface area contributed by atoms with Gasteiger partial charge in [-0.25, -0.2) is 0 Å². The van der Waals surface area contributed by atoms with Crippen LogP contribution in [0.25, 0.3) is 0 Å². The lowest BCUT2D eigenvalue weighted by Crippen LogP contribution is -2.47. The van der Waals surface area contributed by atoms with E-state index in [-0.39, 0.29) is 18.6 Å². The van der Waals surface area contributed by atoms with Crippen molar-refractivity contribution in [2.24, 2.45) is 0 Å². The van der Waals surface area contributed by atoms with E-state index < -0.39 is 6.10 Å². The van der Waals surface area contributed by atoms with Gasteiger partial charge in [-0.15, -0.1) is 0 Å². The molecule has 0 saturated heterocycles. The van der Waals surface area contributed by atoms with Gasteiger partial charge in [0.2, 0.25) is 6.10 Å². The van der Waals surface area contributed by atoms with Crippen LogP contribution < -0.4 is 14.8 Å². The Hall–Kier alpha value is -2.01. The van der Waals surface area contributed by atoms with E-state index in [9.17, 15) is 4.79 Å². The van der Waals surface area contributed by atoms with Crippen molar-refractivity contribution >= 4 is 21.8 Å². The number of carbonyl (C=O) groups excluding carboxylic acids is 1. The maximum Gasteiger partial charge on any atom is 0.264 e. The first-order chi connectivity index (χ1) is 11.6. The van der Waals surface area contributed by atoms with E-state index in [1.807, 2.05) is 43.3 Å². The van der Waals surface area contributed by atoms with Gasteiger partial charge in [0.25, 0.3) is 5.91 Å². The zero-order valence-electron chi connectivity index (χ0n) is 13.5. The van der Waals surface area contributed by atoms with E-state index in [2.05, 4.69) is 33.4 Å². The number of ether oxygens (including phenoxy) is 2. The van der Waals surface area contributed by atoms with Crippen LogP contribution in [0.2, 0.25) is 0 Å². The van der Waals surface area contributed by atoms with Gasteiger partial charge in [-0.05, 0) is 49.6 Å². The Morgan fingerprint density at radius 2 is 1.92 bits per heavy atom. The molecular formula is C19H20BrNO3. The Balaban J connectivity index is 1.49. The monoisotopic (exact) mass is 389 g/mol. The molecule has 1 amide bonds. The lowest BCUT2D eigenvalue weighted by molar-refractivity contribution is -0.131. The van der Waals surface area contributed by atoms with Gasteiger partial charge in [0.1, 0.15) is 6.61 Å². The molecule has 1 aliphatic heterocycles. The van der Waals surface area contributed by atoms with Gasteiger partial charge >= 0.3 is 0 Å². The summed E-state index contributed by atoms with van der Waals surface area (Å²) < 4.78 is 12.4. The van der Waals surface area contributed by atoms with Crippen LogP contribution in [-0.2, 0) is 11.2 Å². The number of aryl methyl sites for hydroxylation is 1.